The van der Waals surface area contributed by atoms with Gasteiger partial charge in [-0.25, -0.2) is 0 Å². The minimum atomic E-state index is -0.864. The van der Waals surface area contributed by atoms with E-state index in [4.69, 9.17) is 0 Å². The molecule has 0 bridgehead atoms. The molecule has 0 spiro atoms. The Balaban J connectivity index is 2.04. The van der Waals surface area contributed by atoms with Crippen LogP contribution in [0.3, 0.4) is 0 Å². The lowest BCUT2D eigenvalue weighted by atomic mass is 10.2. The molecule has 0 unspecified atom stereocenters. The molecule has 0 aliphatic heterocycles. The highest BCUT2D eigenvalue weighted by molar-refractivity contribution is 5.99. The summed E-state index contributed by atoms with van der Waals surface area (Å²) >= 11 is 0. The normalized spacial score (nSPS) is 11.1. The van der Waals surface area contributed by atoms with Crippen LogP contribution in [-0.2, 0) is 6.54 Å². The Morgan fingerprint density at radius 2 is 1.92 bits per heavy atom. The summed E-state index contributed by atoms with van der Waals surface area (Å²) in [6, 6.07) is 12.6. The summed E-state index contributed by atoms with van der Waals surface area (Å²) in [7, 11) is 0. The first kappa shape index (κ1) is 17.0. The molecule has 1 heterocycles. The lowest BCUT2D eigenvalue weighted by molar-refractivity contribution is -0.385. The Bertz CT molecular complexity index is 1050. The maximum absolute atomic E-state index is 12.3. The molecule has 0 saturated carbocycles. The molecule has 1 N–H and O–H groups in total. The maximum Gasteiger partial charge on any atom is 0.302 e. The van der Waals surface area contributed by atoms with E-state index >= 15 is 0 Å². The zero-order valence-electron chi connectivity index (χ0n) is 13.6. The molecule has 0 atom stereocenters. The molecule has 2 aromatic carbocycles. The van der Waals surface area contributed by atoms with Crippen molar-refractivity contribution in [2.75, 3.05) is 0 Å². The fourth-order valence-electron chi connectivity index (χ4n) is 2.65. The van der Waals surface area contributed by atoms with E-state index in [1.165, 1.54) is 24.3 Å². The quantitative estimate of drug-likeness (QED) is 0.319. The lowest BCUT2D eigenvalue weighted by Crippen LogP contribution is -2.00. The number of hydrogen-bond acceptors (Lipinski definition) is 5. The lowest BCUT2D eigenvalue weighted by Gasteiger charge is -2.01. The van der Waals surface area contributed by atoms with Gasteiger partial charge in [0.2, 0.25) is 5.88 Å². The SMILES string of the molecule is C=CCn1c(O)c(N=NC(=O)c2ccccc2[N+](=O)[O-])c2ccccc21. The van der Waals surface area contributed by atoms with Crippen molar-refractivity contribution in [3.63, 3.8) is 0 Å². The van der Waals surface area contributed by atoms with Crippen LogP contribution in [0.15, 0.2) is 71.4 Å². The smallest absolute Gasteiger partial charge is 0.302 e. The van der Waals surface area contributed by atoms with Crippen molar-refractivity contribution >= 4 is 28.2 Å². The highest BCUT2D eigenvalue weighted by atomic mass is 16.6. The van der Waals surface area contributed by atoms with Gasteiger partial charge in [0, 0.05) is 18.0 Å². The van der Waals surface area contributed by atoms with E-state index in [1.54, 1.807) is 34.9 Å². The molecular weight excluding hydrogens is 336 g/mol. The van der Waals surface area contributed by atoms with Crippen LogP contribution in [0.1, 0.15) is 10.4 Å². The number of carbonyl (C=O) groups excluding carboxylic acids is 1. The summed E-state index contributed by atoms with van der Waals surface area (Å²) in [5.74, 6) is -1.03. The molecule has 8 nitrogen and oxygen atoms in total. The van der Waals surface area contributed by atoms with Crippen LogP contribution in [0.4, 0.5) is 11.4 Å². The number of benzene rings is 2. The topological polar surface area (TPSA) is 110 Å². The molecule has 0 aliphatic carbocycles. The summed E-state index contributed by atoms with van der Waals surface area (Å²) in [6.45, 7) is 4.00. The van der Waals surface area contributed by atoms with Crippen molar-refractivity contribution in [1.82, 2.24) is 4.57 Å². The molecule has 8 heteroatoms. The number of amides is 1. The van der Waals surface area contributed by atoms with E-state index in [1.807, 2.05) is 0 Å². The minimum Gasteiger partial charge on any atom is -0.493 e. The molecule has 0 radical (unpaired) electrons. The number of hydrogen-bond donors (Lipinski definition) is 1. The first-order chi connectivity index (χ1) is 12.5. The summed E-state index contributed by atoms with van der Waals surface area (Å²) in [5.41, 5.74) is 0.303. The first-order valence-corrected chi connectivity index (χ1v) is 7.65. The van der Waals surface area contributed by atoms with Crippen LogP contribution in [0, 0.1) is 10.1 Å². The highest BCUT2D eigenvalue weighted by Crippen LogP contribution is 2.38. The van der Waals surface area contributed by atoms with E-state index in [0.717, 1.165) is 0 Å². The zero-order chi connectivity index (χ0) is 18.7. The number of allylic oxidation sites excluding steroid dienone is 1. The molecule has 1 aromatic heterocycles. The number of carbonyl (C=O) groups is 1. The van der Waals surface area contributed by atoms with Gasteiger partial charge in [-0.15, -0.1) is 16.8 Å². The highest BCUT2D eigenvalue weighted by Gasteiger charge is 2.20. The molecule has 1 amide bonds. The predicted molar refractivity (Wildman–Crippen MR) is 95.7 cm³/mol. The van der Waals surface area contributed by atoms with Crippen molar-refractivity contribution in [2.24, 2.45) is 10.2 Å². The van der Waals surface area contributed by atoms with Crippen molar-refractivity contribution < 1.29 is 14.8 Å². The molecule has 3 rings (SSSR count). The second-order valence-corrected chi connectivity index (χ2v) is 5.37. The van der Waals surface area contributed by atoms with E-state index in [0.29, 0.717) is 17.4 Å². The Morgan fingerprint density at radius 3 is 2.65 bits per heavy atom. The van der Waals surface area contributed by atoms with Crippen LogP contribution in [0.25, 0.3) is 10.9 Å². The van der Waals surface area contributed by atoms with Gasteiger partial charge in [-0.3, -0.25) is 14.9 Å². The third-order valence-electron chi connectivity index (χ3n) is 3.80. The number of aromatic nitrogens is 1. The Hall–Kier alpha value is -3.81. The number of nitrogens with zero attached hydrogens (tertiary/aromatic N) is 4. The molecular formula is C18H14N4O4. The van der Waals surface area contributed by atoms with Gasteiger partial charge in [0.25, 0.3) is 5.69 Å². The fourth-order valence-corrected chi connectivity index (χ4v) is 2.65. The van der Waals surface area contributed by atoms with E-state index in [-0.39, 0.29) is 22.8 Å². The van der Waals surface area contributed by atoms with Crippen molar-refractivity contribution in [2.45, 2.75) is 6.54 Å². The maximum atomic E-state index is 12.3. The van der Waals surface area contributed by atoms with Gasteiger partial charge >= 0.3 is 5.91 Å². The molecule has 3 aromatic rings. The number of aromatic hydroxyl groups is 1. The summed E-state index contributed by atoms with van der Waals surface area (Å²) in [4.78, 5) is 22.6. The van der Waals surface area contributed by atoms with Crippen molar-refractivity contribution in [3.8, 4) is 5.88 Å². The number of nitro groups is 1. The summed E-state index contributed by atoms with van der Waals surface area (Å²) in [6.07, 6.45) is 1.62. The Labute approximate surface area is 147 Å². The van der Waals surface area contributed by atoms with Crippen LogP contribution >= 0.6 is 0 Å². The number of nitro benzene ring substituents is 1. The predicted octanol–water partition coefficient (Wildman–Crippen LogP) is 4.37. The molecule has 130 valence electrons. The summed E-state index contributed by atoms with van der Waals surface area (Å²) < 4.78 is 1.58. The Morgan fingerprint density at radius 1 is 1.23 bits per heavy atom. The number of fused-ring (bicyclic) bond motifs is 1. The fraction of sp³-hybridized carbons (Fsp3) is 0.0556. The van der Waals surface area contributed by atoms with Gasteiger partial charge < -0.3 is 9.67 Å². The third-order valence-corrected chi connectivity index (χ3v) is 3.80. The Kier molecular flexibility index (Phi) is 4.57. The summed E-state index contributed by atoms with van der Waals surface area (Å²) in [5, 5.41) is 29.5. The van der Waals surface area contributed by atoms with Crippen LogP contribution in [0.5, 0.6) is 5.88 Å². The van der Waals surface area contributed by atoms with E-state index in [2.05, 4.69) is 16.8 Å². The van der Waals surface area contributed by atoms with E-state index < -0.39 is 10.8 Å². The van der Waals surface area contributed by atoms with E-state index in [9.17, 15) is 20.0 Å². The first-order valence-electron chi connectivity index (χ1n) is 7.65. The van der Waals surface area contributed by atoms with Crippen molar-refractivity contribution in [3.05, 3.63) is 76.9 Å². The number of azo groups is 1. The monoisotopic (exact) mass is 350 g/mol. The number of para-hydroxylation sites is 2. The van der Waals surface area contributed by atoms with Crippen molar-refractivity contribution in [1.29, 1.82) is 0 Å². The largest absolute Gasteiger partial charge is 0.493 e. The second-order valence-electron chi connectivity index (χ2n) is 5.37. The average Bonchev–Trinajstić information content (AvgIpc) is 2.92. The second kappa shape index (κ2) is 6.98. The molecule has 0 saturated heterocycles. The van der Waals surface area contributed by atoms with Gasteiger partial charge in [-0.2, -0.15) is 0 Å². The van der Waals surface area contributed by atoms with Crippen LogP contribution in [0.2, 0.25) is 0 Å². The standard InChI is InChI=1S/C18H14N4O4/c1-2-11-21-14-9-5-3-7-12(14)16(18(21)24)19-20-17(23)13-8-4-6-10-15(13)22(25)26/h2-10,24H,1,11H2. The van der Waals surface area contributed by atoms with Gasteiger partial charge in [-0.05, 0) is 12.1 Å². The van der Waals surface area contributed by atoms with Crippen LogP contribution in [-0.4, -0.2) is 20.5 Å². The minimum absolute atomic E-state index is 0.120. The number of rotatable bonds is 5. The van der Waals surface area contributed by atoms with Gasteiger partial charge in [0.15, 0.2) is 5.69 Å². The zero-order valence-corrected chi connectivity index (χ0v) is 13.6. The van der Waals surface area contributed by atoms with Gasteiger partial charge in [0.1, 0.15) is 5.56 Å². The van der Waals surface area contributed by atoms with Gasteiger partial charge in [0.05, 0.1) is 10.4 Å². The van der Waals surface area contributed by atoms with Gasteiger partial charge in [-0.1, -0.05) is 36.4 Å². The molecule has 0 aliphatic rings. The van der Waals surface area contributed by atoms with Crippen LogP contribution < -0.4 is 0 Å². The molecule has 0 fully saturated rings. The molecule has 26 heavy (non-hydrogen) atoms. The average molecular weight is 350 g/mol. The third kappa shape index (κ3) is 2.95.